The van der Waals surface area contributed by atoms with Gasteiger partial charge < -0.3 is 9.32 Å². The van der Waals surface area contributed by atoms with E-state index in [9.17, 15) is 0 Å². The Morgan fingerprint density at radius 2 is 0.803 bits per heavy atom. The molecule has 2 heteroatoms. The predicted molar refractivity (Wildman–Crippen MR) is 280 cm³/mol. The lowest BCUT2D eigenvalue weighted by Crippen LogP contribution is -2.11. The second kappa shape index (κ2) is 15.5. The van der Waals surface area contributed by atoms with Crippen molar-refractivity contribution >= 4 is 82.1 Å². The molecule has 66 heavy (non-hydrogen) atoms. The highest BCUT2D eigenvalue weighted by Gasteiger charge is 2.21. The van der Waals surface area contributed by atoms with Crippen molar-refractivity contribution < 1.29 is 4.42 Å². The number of rotatable bonds is 7. The SMILES string of the molecule is c1ccc(-c2ccc(-c3cc4ccccc4c4ccccc34)cc2N(c2ccc(-c3ccc4c(ccc5ccccc54)c3)cc2)c2ccc(-c3cccc4c3oc3ccccc34)cc2)cc1. The fourth-order valence-electron chi connectivity index (χ4n) is 10.2. The van der Waals surface area contributed by atoms with Crippen molar-refractivity contribution in [1.29, 1.82) is 0 Å². The molecule has 0 unspecified atom stereocenters. The van der Waals surface area contributed by atoms with Crippen LogP contribution >= 0.6 is 0 Å². The molecule has 0 aliphatic heterocycles. The van der Waals surface area contributed by atoms with Gasteiger partial charge in [-0.05, 0) is 125 Å². The van der Waals surface area contributed by atoms with Crippen molar-refractivity contribution in [3.63, 3.8) is 0 Å². The van der Waals surface area contributed by atoms with Gasteiger partial charge in [0.05, 0.1) is 5.69 Å². The number of furan rings is 1. The molecule has 1 heterocycles. The average Bonchev–Trinajstić information content (AvgIpc) is 3.78. The van der Waals surface area contributed by atoms with Crippen LogP contribution < -0.4 is 4.90 Å². The van der Waals surface area contributed by atoms with Crippen LogP contribution in [0.1, 0.15) is 0 Å². The first-order valence-electron chi connectivity index (χ1n) is 22.7. The largest absolute Gasteiger partial charge is 0.455 e. The maximum atomic E-state index is 6.51. The summed E-state index contributed by atoms with van der Waals surface area (Å²) in [6.07, 6.45) is 0. The lowest BCUT2D eigenvalue weighted by atomic mass is 9.91. The van der Waals surface area contributed by atoms with E-state index < -0.39 is 0 Å². The van der Waals surface area contributed by atoms with Crippen LogP contribution in [0.15, 0.2) is 253 Å². The Bertz CT molecular complexity index is 3980. The minimum absolute atomic E-state index is 0.899. The van der Waals surface area contributed by atoms with Crippen molar-refractivity contribution in [1.82, 2.24) is 0 Å². The molecule has 12 aromatic carbocycles. The number of nitrogens with zero attached hydrogens (tertiary/aromatic N) is 1. The zero-order valence-corrected chi connectivity index (χ0v) is 36.0. The van der Waals surface area contributed by atoms with Gasteiger partial charge in [0.2, 0.25) is 0 Å². The lowest BCUT2D eigenvalue weighted by molar-refractivity contribution is 0.670. The van der Waals surface area contributed by atoms with Crippen LogP contribution in [0.3, 0.4) is 0 Å². The summed E-state index contributed by atoms with van der Waals surface area (Å²) in [6.45, 7) is 0. The van der Waals surface area contributed by atoms with Gasteiger partial charge in [0.15, 0.2) is 0 Å². The van der Waals surface area contributed by atoms with Crippen LogP contribution in [0, 0.1) is 0 Å². The van der Waals surface area contributed by atoms with Gasteiger partial charge in [-0.25, -0.2) is 0 Å². The van der Waals surface area contributed by atoms with Gasteiger partial charge in [0, 0.05) is 33.3 Å². The normalized spacial score (nSPS) is 11.6. The molecule has 0 saturated carbocycles. The monoisotopic (exact) mass is 839 g/mol. The zero-order chi connectivity index (χ0) is 43.6. The van der Waals surface area contributed by atoms with E-state index in [0.717, 1.165) is 66.8 Å². The number of fused-ring (bicyclic) bond motifs is 9. The number of hydrogen-bond acceptors (Lipinski definition) is 2. The Morgan fingerprint density at radius 3 is 1.59 bits per heavy atom. The standard InChI is InChI=1S/C64H41NO/c1-2-13-43(14-3-1)55-38-32-49(61-40-47-16-5-7-18-53(47)57-19-8-9-20-58(57)61)41-62(55)65(51-35-29-45(30-36-51)56-22-12-23-60-59-21-10-11-24-63(59)66-64(56)60)50-33-27-42(28-34-50)46-31-37-54-48(39-46)26-25-44-15-4-6-17-52(44)54/h1-41H. The number of para-hydroxylation sites is 2. The molecule has 0 radical (unpaired) electrons. The predicted octanol–water partition coefficient (Wildman–Crippen LogP) is 18.3. The zero-order valence-electron chi connectivity index (χ0n) is 36.0. The molecule has 2 nitrogen and oxygen atoms in total. The maximum absolute atomic E-state index is 6.51. The first-order chi connectivity index (χ1) is 32.7. The maximum Gasteiger partial charge on any atom is 0.143 e. The van der Waals surface area contributed by atoms with Crippen LogP contribution in [-0.4, -0.2) is 0 Å². The van der Waals surface area contributed by atoms with Crippen molar-refractivity contribution in [2.24, 2.45) is 0 Å². The van der Waals surface area contributed by atoms with Gasteiger partial charge in [-0.15, -0.1) is 0 Å². The third-order valence-electron chi connectivity index (χ3n) is 13.4. The smallest absolute Gasteiger partial charge is 0.143 e. The first-order valence-corrected chi connectivity index (χ1v) is 22.7. The Kier molecular flexibility index (Phi) is 8.89. The summed E-state index contributed by atoms with van der Waals surface area (Å²) in [5, 5.41) is 12.3. The Labute approximate surface area is 382 Å². The molecule has 0 atom stereocenters. The minimum Gasteiger partial charge on any atom is -0.455 e. The molecule has 0 fully saturated rings. The number of hydrogen-bond donors (Lipinski definition) is 0. The summed E-state index contributed by atoms with van der Waals surface area (Å²) in [7, 11) is 0. The summed E-state index contributed by atoms with van der Waals surface area (Å²) in [4.78, 5) is 2.43. The molecule has 0 amide bonds. The van der Waals surface area contributed by atoms with Gasteiger partial charge in [-0.1, -0.05) is 200 Å². The summed E-state index contributed by atoms with van der Waals surface area (Å²) < 4.78 is 6.51. The summed E-state index contributed by atoms with van der Waals surface area (Å²) in [6, 6.07) is 90.4. The third kappa shape index (κ3) is 6.34. The van der Waals surface area contributed by atoms with E-state index in [1.807, 2.05) is 12.1 Å². The molecule has 0 bridgehead atoms. The summed E-state index contributed by atoms with van der Waals surface area (Å²) in [5.41, 5.74) is 14.2. The Balaban J connectivity index is 0.994. The highest BCUT2D eigenvalue weighted by Crippen LogP contribution is 2.46. The molecule has 0 N–H and O–H groups in total. The second-order valence-corrected chi connectivity index (χ2v) is 17.2. The summed E-state index contributed by atoms with van der Waals surface area (Å²) >= 11 is 0. The first kappa shape index (κ1) is 37.8. The van der Waals surface area contributed by atoms with Gasteiger partial charge >= 0.3 is 0 Å². The van der Waals surface area contributed by atoms with Crippen LogP contribution in [0.25, 0.3) is 110 Å². The van der Waals surface area contributed by atoms with E-state index in [1.54, 1.807) is 0 Å². The molecular weight excluding hydrogens is 799 g/mol. The van der Waals surface area contributed by atoms with Crippen molar-refractivity contribution in [2.45, 2.75) is 0 Å². The quantitative estimate of drug-likeness (QED) is 0.149. The molecule has 0 aliphatic carbocycles. The third-order valence-corrected chi connectivity index (χ3v) is 13.4. The van der Waals surface area contributed by atoms with E-state index in [4.69, 9.17) is 4.42 Å². The molecule has 0 saturated heterocycles. The highest BCUT2D eigenvalue weighted by molar-refractivity contribution is 6.14. The number of anilines is 3. The minimum atomic E-state index is 0.899. The van der Waals surface area contributed by atoms with E-state index in [0.29, 0.717) is 0 Å². The van der Waals surface area contributed by atoms with Gasteiger partial charge in [0.1, 0.15) is 11.2 Å². The van der Waals surface area contributed by atoms with E-state index in [1.165, 1.54) is 59.8 Å². The van der Waals surface area contributed by atoms with E-state index in [-0.39, 0.29) is 0 Å². The molecule has 0 spiro atoms. The van der Waals surface area contributed by atoms with Crippen molar-refractivity contribution in [2.75, 3.05) is 4.90 Å². The van der Waals surface area contributed by atoms with Crippen molar-refractivity contribution in [3.05, 3.63) is 249 Å². The lowest BCUT2D eigenvalue weighted by Gasteiger charge is -2.29. The van der Waals surface area contributed by atoms with Crippen LogP contribution in [0.4, 0.5) is 17.1 Å². The molecule has 1 aromatic heterocycles. The highest BCUT2D eigenvalue weighted by atomic mass is 16.3. The average molecular weight is 840 g/mol. The van der Waals surface area contributed by atoms with Crippen LogP contribution in [0.2, 0.25) is 0 Å². The van der Waals surface area contributed by atoms with Gasteiger partial charge in [-0.3, -0.25) is 0 Å². The van der Waals surface area contributed by atoms with Gasteiger partial charge in [0.25, 0.3) is 0 Å². The summed E-state index contributed by atoms with van der Waals surface area (Å²) in [5.74, 6) is 0. The van der Waals surface area contributed by atoms with Crippen LogP contribution in [0.5, 0.6) is 0 Å². The molecular formula is C64H41NO. The molecule has 13 rings (SSSR count). The van der Waals surface area contributed by atoms with E-state index in [2.05, 4.69) is 241 Å². The molecule has 308 valence electrons. The Hall–Kier alpha value is -8.72. The van der Waals surface area contributed by atoms with Crippen LogP contribution in [-0.2, 0) is 0 Å². The molecule has 0 aliphatic rings. The number of benzene rings is 12. The van der Waals surface area contributed by atoms with E-state index >= 15 is 0 Å². The fraction of sp³-hybridized carbons (Fsp3) is 0. The second-order valence-electron chi connectivity index (χ2n) is 17.2. The molecule has 13 aromatic rings. The fourth-order valence-corrected chi connectivity index (χ4v) is 10.2. The van der Waals surface area contributed by atoms with Gasteiger partial charge in [-0.2, -0.15) is 0 Å². The topological polar surface area (TPSA) is 16.4 Å². The Morgan fingerprint density at radius 1 is 0.258 bits per heavy atom. The van der Waals surface area contributed by atoms with Crippen molar-refractivity contribution in [3.8, 4) is 44.5 Å².